The summed E-state index contributed by atoms with van der Waals surface area (Å²) in [6, 6.07) is 13.3. The molecule has 9 nitrogen and oxygen atoms in total. The zero-order valence-corrected chi connectivity index (χ0v) is 13.8. The normalized spacial score (nSPS) is 10.1. The van der Waals surface area contributed by atoms with Gasteiger partial charge in [0.15, 0.2) is 0 Å². The molecule has 0 aliphatic rings. The van der Waals surface area contributed by atoms with Crippen molar-refractivity contribution in [2.45, 2.75) is 0 Å². The van der Waals surface area contributed by atoms with Crippen molar-refractivity contribution in [3.05, 3.63) is 88.2 Å². The number of non-ortho nitro benzene ring substituents is 1. The highest BCUT2D eigenvalue weighted by Gasteiger charge is 2.18. The molecule has 0 radical (unpaired) electrons. The van der Waals surface area contributed by atoms with Gasteiger partial charge >= 0.3 is 0 Å². The van der Waals surface area contributed by atoms with Crippen LogP contribution >= 0.6 is 0 Å². The van der Waals surface area contributed by atoms with E-state index in [9.17, 15) is 19.7 Å². The van der Waals surface area contributed by atoms with Gasteiger partial charge in [-0.1, -0.05) is 12.1 Å². The molecule has 0 aliphatic carbocycles. The Balaban J connectivity index is 1.89. The van der Waals surface area contributed by atoms with Gasteiger partial charge in [0.25, 0.3) is 17.5 Å². The molecule has 3 aromatic rings. The van der Waals surface area contributed by atoms with E-state index in [-0.39, 0.29) is 28.5 Å². The topological polar surface area (TPSA) is 127 Å². The van der Waals surface area contributed by atoms with E-state index in [1.165, 1.54) is 18.5 Å². The maximum atomic E-state index is 12.4. The van der Waals surface area contributed by atoms with E-state index in [2.05, 4.69) is 20.6 Å². The minimum atomic E-state index is -0.672. The number of anilines is 2. The van der Waals surface area contributed by atoms with Crippen LogP contribution in [-0.2, 0) is 0 Å². The minimum absolute atomic E-state index is 0.0407. The predicted octanol–water partition coefficient (Wildman–Crippen LogP) is 2.89. The van der Waals surface area contributed by atoms with Crippen molar-refractivity contribution in [1.82, 2.24) is 9.97 Å². The van der Waals surface area contributed by atoms with Gasteiger partial charge in [0.2, 0.25) is 0 Å². The molecule has 9 heteroatoms. The molecular formula is C18H13N5O4. The Morgan fingerprint density at radius 1 is 0.815 bits per heavy atom. The number of aromatic nitrogens is 2. The Bertz CT molecular complexity index is 921. The van der Waals surface area contributed by atoms with Gasteiger partial charge in [-0.15, -0.1) is 0 Å². The van der Waals surface area contributed by atoms with Gasteiger partial charge in [0, 0.05) is 35.7 Å². The highest BCUT2D eigenvalue weighted by Crippen LogP contribution is 2.19. The first-order valence-corrected chi connectivity index (χ1v) is 7.77. The van der Waals surface area contributed by atoms with Crippen LogP contribution in [0.3, 0.4) is 0 Å². The van der Waals surface area contributed by atoms with Gasteiger partial charge in [-0.25, -0.2) is 9.97 Å². The molecule has 0 fully saturated rings. The van der Waals surface area contributed by atoms with Crippen LogP contribution in [0.4, 0.5) is 17.3 Å². The predicted molar refractivity (Wildman–Crippen MR) is 97.5 cm³/mol. The van der Waals surface area contributed by atoms with Crippen LogP contribution in [0.15, 0.2) is 67.0 Å². The smallest absolute Gasteiger partial charge is 0.271 e. The van der Waals surface area contributed by atoms with E-state index in [1.54, 1.807) is 36.4 Å². The number of nitro benzene ring substituents is 1. The quantitative estimate of drug-likeness (QED) is 0.530. The average Bonchev–Trinajstić information content (AvgIpc) is 2.69. The van der Waals surface area contributed by atoms with Crippen LogP contribution in [0.1, 0.15) is 20.7 Å². The molecule has 1 aromatic carbocycles. The summed E-state index contributed by atoms with van der Waals surface area (Å²) in [6.45, 7) is 0. The fourth-order valence-corrected chi connectivity index (χ4v) is 2.23. The number of nitrogens with zero attached hydrogens (tertiary/aromatic N) is 3. The summed E-state index contributed by atoms with van der Waals surface area (Å²) in [6.07, 6.45) is 2.99. The van der Waals surface area contributed by atoms with Crippen LogP contribution in [-0.4, -0.2) is 26.7 Å². The number of hydrogen-bond donors (Lipinski definition) is 2. The summed E-state index contributed by atoms with van der Waals surface area (Å²) in [5, 5.41) is 16.2. The second-order valence-electron chi connectivity index (χ2n) is 5.36. The number of rotatable bonds is 5. The summed E-state index contributed by atoms with van der Waals surface area (Å²) in [5.41, 5.74) is -0.461. The summed E-state index contributed by atoms with van der Waals surface area (Å²) in [4.78, 5) is 43.2. The van der Waals surface area contributed by atoms with Crippen LogP contribution in [0, 0.1) is 10.1 Å². The number of carbonyl (C=O) groups excluding carboxylic acids is 2. The van der Waals surface area contributed by atoms with Gasteiger partial charge in [0.05, 0.1) is 4.92 Å². The van der Waals surface area contributed by atoms with Crippen molar-refractivity contribution in [3.8, 4) is 0 Å². The van der Waals surface area contributed by atoms with Crippen molar-refractivity contribution in [1.29, 1.82) is 0 Å². The van der Waals surface area contributed by atoms with E-state index < -0.39 is 16.7 Å². The highest BCUT2D eigenvalue weighted by molar-refractivity contribution is 6.09. The Hall–Kier alpha value is -4.14. The molecule has 2 aromatic heterocycles. The lowest BCUT2D eigenvalue weighted by Crippen LogP contribution is -2.17. The third-order valence-corrected chi connectivity index (χ3v) is 3.47. The lowest BCUT2D eigenvalue weighted by molar-refractivity contribution is -0.384. The van der Waals surface area contributed by atoms with Crippen LogP contribution in [0.2, 0.25) is 0 Å². The summed E-state index contributed by atoms with van der Waals surface area (Å²) in [5.74, 6) is -0.671. The third-order valence-electron chi connectivity index (χ3n) is 3.47. The first-order chi connectivity index (χ1) is 13.0. The van der Waals surface area contributed by atoms with E-state index in [1.807, 2.05) is 0 Å². The van der Waals surface area contributed by atoms with Crippen LogP contribution in [0.5, 0.6) is 0 Å². The Kier molecular flexibility index (Phi) is 5.12. The van der Waals surface area contributed by atoms with Gasteiger partial charge in [-0.3, -0.25) is 19.7 Å². The molecule has 27 heavy (non-hydrogen) atoms. The molecule has 0 saturated heterocycles. The molecule has 0 atom stereocenters. The molecule has 0 bridgehead atoms. The second kappa shape index (κ2) is 7.83. The number of hydrogen-bond acceptors (Lipinski definition) is 6. The zero-order valence-electron chi connectivity index (χ0n) is 13.8. The van der Waals surface area contributed by atoms with Gasteiger partial charge in [-0.2, -0.15) is 0 Å². The van der Waals surface area contributed by atoms with Crippen molar-refractivity contribution in [2.75, 3.05) is 10.6 Å². The van der Waals surface area contributed by atoms with Crippen molar-refractivity contribution in [3.63, 3.8) is 0 Å². The maximum absolute atomic E-state index is 12.4. The van der Waals surface area contributed by atoms with E-state index in [0.29, 0.717) is 0 Å². The van der Waals surface area contributed by atoms with Gasteiger partial charge in [-0.05, 0) is 30.3 Å². The average molecular weight is 363 g/mol. The van der Waals surface area contributed by atoms with Crippen molar-refractivity contribution in [2.24, 2.45) is 0 Å². The molecule has 0 spiro atoms. The standard InChI is InChI=1S/C18H13N5O4/c24-17(21-15-5-1-3-7-19-15)12-9-13(11-14(10-12)23(26)27)18(25)22-16-6-2-4-8-20-16/h1-11H,(H,19,21,24)(H,20,22,25). The van der Waals surface area contributed by atoms with Crippen LogP contribution in [0.25, 0.3) is 0 Å². The molecule has 2 heterocycles. The number of carbonyl (C=O) groups is 2. The lowest BCUT2D eigenvalue weighted by atomic mass is 10.1. The molecular weight excluding hydrogens is 350 g/mol. The number of pyridine rings is 2. The first kappa shape index (κ1) is 17.7. The van der Waals surface area contributed by atoms with E-state index in [4.69, 9.17) is 0 Å². The Morgan fingerprint density at radius 3 is 1.67 bits per heavy atom. The third kappa shape index (κ3) is 4.48. The van der Waals surface area contributed by atoms with Crippen LogP contribution < -0.4 is 10.6 Å². The molecule has 2 amide bonds. The fraction of sp³-hybridized carbons (Fsp3) is 0. The number of benzene rings is 1. The van der Waals surface area contributed by atoms with Gasteiger partial charge in [0.1, 0.15) is 11.6 Å². The summed E-state index contributed by atoms with van der Waals surface area (Å²) in [7, 11) is 0. The number of nitro groups is 1. The summed E-state index contributed by atoms with van der Waals surface area (Å²) >= 11 is 0. The molecule has 3 rings (SSSR count). The SMILES string of the molecule is O=C(Nc1ccccn1)c1cc(C(=O)Nc2ccccn2)cc([N+](=O)[O-])c1. The monoisotopic (exact) mass is 363 g/mol. The molecule has 0 saturated carbocycles. The summed E-state index contributed by atoms with van der Waals surface area (Å²) < 4.78 is 0. The number of amides is 2. The number of nitrogens with one attached hydrogen (secondary N) is 2. The van der Waals surface area contributed by atoms with Gasteiger partial charge < -0.3 is 10.6 Å². The maximum Gasteiger partial charge on any atom is 0.271 e. The Labute approximate surface area is 153 Å². The van der Waals surface area contributed by atoms with Crippen molar-refractivity contribution >= 4 is 29.1 Å². The molecule has 0 unspecified atom stereocenters. The largest absolute Gasteiger partial charge is 0.307 e. The lowest BCUT2D eigenvalue weighted by Gasteiger charge is -2.08. The second-order valence-corrected chi connectivity index (χ2v) is 5.36. The zero-order chi connectivity index (χ0) is 19.2. The first-order valence-electron chi connectivity index (χ1n) is 7.77. The fourth-order valence-electron chi connectivity index (χ4n) is 2.23. The molecule has 134 valence electrons. The highest BCUT2D eigenvalue weighted by atomic mass is 16.6. The van der Waals surface area contributed by atoms with E-state index in [0.717, 1.165) is 12.1 Å². The Morgan fingerprint density at radius 2 is 1.30 bits per heavy atom. The van der Waals surface area contributed by atoms with Crippen molar-refractivity contribution < 1.29 is 14.5 Å². The minimum Gasteiger partial charge on any atom is -0.307 e. The molecule has 0 aliphatic heterocycles. The molecule has 2 N–H and O–H groups in total. The van der Waals surface area contributed by atoms with E-state index >= 15 is 0 Å².